The molecule has 0 saturated heterocycles. The lowest BCUT2D eigenvalue weighted by atomic mass is 10.1. The van der Waals surface area contributed by atoms with Gasteiger partial charge in [-0.05, 0) is 36.4 Å². The molecule has 39 heavy (non-hydrogen) atoms. The van der Waals surface area contributed by atoms with E-state index in [9.17, 15) is 8.42 Å². The minimum atomic E-state index is -3.98. The van der Waals surface area contributed by atoms with E-state index in [0.29, 0.717) is 44.7 Å². The summed E-state index contributed by atoms with van der Waals surface area (Å²) in [6, 6.07) is 17.2. The highest BCUT2D eigenvalue weighted by molar-refractivity contribution is 7.88. The van der Waals surface area contributed by atoms with Crippen LogP contribution in [-0.2, 0) is 28.9 Å². The zero-order valence-electron chi connectivity index (χ0n) is 21.9. The van der Waals surface area contributed by atoms with Crippen molar-refractivity contribution in [3.05, 3.63) is 82.6 Å². The van der Waals surface area contributed by atoms with Crippen molar-refractivity contribution in [3.8, 4) is 34.5 Å². The number of halogens is 1. The number of methoxy groups -OCH3 is 4. The molecule has 0 radical (unpaired) electrons. The molecule has 4 aromatic rings. The van der Waals surface area contributed by atoms with E-state index in [0.717, 1.165) is 0 Å². The molecule has 0 aliphatic rings. The van der Waals surface area contributed by atoms with Crippen LogP contribution < -0.4 is 18.9 Å². The Morgan fingerprint density at radius 1 is 0.795 bits per heavy atom. The first kappa shape index (κ1) is 28.2. The lowest BCUT2D eigenvalue weighted by Crippen LogP contribution is -2.32. The van der Waals surface area contributed by atoms with E-state index >= 15 is 0 Å². The van der Waals surface area contributed by atoms with Gasteiger partial charge in [0.25, 0.3) is 5.89 Å². The Balaban J connectivity index is 1.67. The fourth-order valence-electron chi connectivity index (χ4n) is 3.87. The summed E-state index contributed by atoms with van der Waals surface area (Å²) in [5.74, 6) is 1.87. The molecule has 1 aromatic heterocycles. The van der Waals surface area contributed by atoms with Gasteiger partial charge in [-0.3, -0.25) is 0 Å². The molecular formula is C27H28ClN3O7S. The van der Waals surface area contributed by atoms with E-state index in [4.69, 9.17) is 35.1 Å². The van der Waals surface area contributed by atoms with E-state index in [1.165, 1.54) is 18.5 Å². The topological polar surface area (TPSA) is 113 Å². The SMILES string of the molecule is COc1ccc(CN(Cc2ccc(OC)cc2OC)S(=O)(=O)Cc2noc(-c3ccc(Cl)cc3)n2)c(OC)c1. The van der Waals surface area contributed by atoms with Gasteiger partial charge in [0.1, 0.15) is 28.8 Å². The van der Waals surface area contributed by atoms with Crippen LogP contribution in [0.15, 0.2) is 65.2 Å². The third-order valence-electron chi connectivity index (χ3n) is 5.95. The molecule has 0 atom stereocenters. The molecule has 0 aliphatic carbocycles. The molecule has 0 unspecified atom stereocenters. The van der Waals surface area contributed by atoms with E-state index in [1.807, 2.05) is 0 Å². The van der Waals surface area contributed by atoms with Gasteiger partial charge in [-0.15, -0.1) is 0 Å². The van der Waals surface area contributed by atoms with Gasteiger partial charge in [0.05, 0.1) is 28.4 Å². The summed E-state index contributed by atoms with van der Waals surface area (Å²) in [4.78, 5) is 4.30. The molecule has 4 rings (SSSR count). The predicted molar refractivity (Wildman–Crippen MR) is 146 cm³/mol. The molecule has 206 valence electrons. The smallest absolute Gasteiger partial charge is 0.257 e. The van der Waals surface area contributed by atoms with Crippen LogP contribution in [-0.4, -0.2) is 51.3 Å². The second-order valence-electron chi connectivity index (χ2n) is 8.40. The number of aromatic nitrogens is 2. The average Bonchev–Trinajstić information content (AvgIpc) is 3.40. The second kappa shape index (κ2) is 12.4. The van der Waals surface area contributed by atoms with Crippen LogP contribution in [0.1, 0.15) is 17.0 Å². The second-order valence-corrected chi connectivity index (χ2v) is 10.8. The van der Waals surface area contributed by atoms with Gasteiger partial charge in [0.2, 0.25) is 10.0 Å². The van der Waals surface area contributed by atoms with Crippen molar-refractivity contribution in [3.63, 3.8) is 0 Å². The number of hydrogen-bond acceptors (Lipinski definition) is 9. The van der Waals surface area contributed by atoms with Gasteiger partial charge >= 0.3 is 0 Å². The van der Waals surface area contributed by atoms with Crippen molar-refractivity contribution in [1.82, 2.24) is 14.4 Å². The van der Waals surface area contributed by atoms with Crippen molar-refractivity contribution < 1.29 is 31.9 Å². The Hall–Kier alpha value is -3.80. The minimum absolute atomic E-state index is 0.00653. The molecule has 10 nitrogen and oxygen atoms in total. The number of rotatable bonds is 12. The van der Waals surface area contributed by atoms with E-state index in [2.05, 4.69) is 10.1 Å². The molecule has 0 aliphatic heterocycles. The zero-order valence-corrected chi connectivity index (χ0v) is 23.5. The lowest BCUT2D eigenvalue weighted by Gasteiger charge is -2.24. The monoisotopic (exact) mass is 573 g/mol. The summed E-state index contributed by atoms with van der Waals surface area (Å²) in [6.07, 6.45) is 0. The third-order valence-corrected chi connectivity index (χ3v) is 7.87. The highest BCUT2D eigenvalue weighted by Crippen LogP contribution is 2.31. The molecule has 1 heterocycles. The summed E-state index contributed by atoms with van der Waals surface area (Å²) >= 11 is 5.95. The van der Waals surface area contributed by atoms with Gasteiger partial charge in [0, 0.05) is 46.9 Å². The van der Waals surface area contributed by atoms with Crippen LogP contribution in [0.2, 0.25) is 5.02 Å². The van der Waals surface area contributed by atoms with E-state index in [-0.39, 0.29) is 24.8 Å². The summed E-state index contributed by atoms with van der Waals surface area (Å²) in [7, 11) is 2.15. The molecular weight excluding hydrogens is 546 g/mol. The van der Waals surface area contributed by atoms with Crippen LogP contribution in [0.25, 0.3) is 11.5 Å². The molecule has 0 bridgehead atoms. The lowest BCUT2D eigenvalue weighted by molar-refractivity contribution is 0.357. The van der Waals surface area contributed by atoms with Crippen LogP contribution in [0, 0.1) is 0 Å². The van der Waals surface area contributed by atoms with Gasteiger partial charge in [-0.2, -0.15) is 9.29 Å². The van der Waals surface area contributed by atoms with Gasteiger partial charge in [-0.25, -0.2) is 8.42 Å². The van der Waals surface area contributed by atoms with Crippen molar-refractivity contribution >= 4 is 21.6 Å². The summed E-state index contributed by atoms with van der Waals surface area (Å²) < 4.78 is 55.8. The minimum Gasteiger partial charge on any atom is -0.497 e. The quantitative estimate of drug-likeness (QED) is 0.232. The van der Waals surface area contributed by atoms with Crippen LogP contribution in [0.5, 0.6) is 23.0 Å². The Bertz CT molecular complexity index is 1470. The molecule has 0 spiro atoms. The fraction of sp³-hybridized carbons (Fsp3) is 0.259. The first-order valence-electron chi connectivity index (χ1n) is 11.7. The highest BCUT2D eigenvalue weighted by atomic mass is 35.5. The summed E-state index contributed by atoms with van der Waals surface area (Å²) in [5, 5.41) is 4.46. The Labute approximate surface area is 232 Å². The van der Waals surface area contributed by atoms with Gasteiger partial charge < -0.3 is 23.5 Å². The maximum atomic E-state index is 13.8. The highest BCUT2D eigenvalue weighted by Gasteiger charge is 2.28. The van der Waals surface area contributed by atoms with E-state index in [1.54, 1.807) is 74.9 Å². The Morgan fingerprint density at radius 2 is 1.33 bits per heavy atom. The third kappa shape index (κ3) is 6.80. The maximum absolute atomic E-state index is 13.8. The fourth-order valence-corrected chi connectivity index (χ4v) is 5.30. The van der Waals surface area contributed by atoms with Crippen molar-refractivity contribution in [1.29, 1.82) is 0 Å². The van der Waals surface area contributed by atoms with Crippen LogP contribution in [0.4, 0.5) is 0 Å². The summed E-state index contributed by atoms with van der Waals surface area (Å²) in [5.41, 5.74) is 1.91. The molecule has 3 aromatic carbocycles. The normalized spacial score (nSPS) is 11.4. The zero-order chi connectivity index (χ0) is 28.0. The van der Waals surface area contributed by atoms with Crippen molar-refractivity contribution in [2.45, 2.75) is 18.8 Å². The molecule has 0 fully saturated rings. The van der Waals surface area contributed by atoms with Crippen molar-refractivity contribution in [2.24, 2.45) is 0 Å². The number of benzene rings is 3. The number of nitrogens with zero attached hydrogens (tertiary/aromatic N) is 3. The largest absolute Gasteiger partial charge is 0.497 e. The Morgan fingerprint density at radius 3 is 1.82 bits per heavy atom. The average molecular weight is 574 g/mol. The maximum Gasteiger partial charge on any atom is 0.257 e. The number of sulfonamides is 1. The summed E-state index contributed by atoms with van der Waals surface area (Å²) in [6.45, 7) is 0.0131. The first-order valence-corrected chi connectivity index (χ1v) is 13.7. The van der Waals surface area contributed by atoms with Gasteiger partial charge in [-0.1, -0.05) is 28.9 Å². The first-order chi connectivity index (χ1) is 18.8. The molecule has 0 N–H and O–H groups in total. The molecule has 0 amide bonds. The van der Waals surface area contributed by atoms with E-state index < -0.39 is 15.8 Å². The Kier molecular flexibility index (Phi) is 8.95. The standard InChI is InChI=1S/C27H28ClN3O7S/c1-34-22-11-7-19(24(13-22)36-3)15-31(16-20-8-12-23(35-2)14-25(20)37-4)39(32,33)17-26-29-27(38-30-26)18-5-9-21(28)10-6-18/h5-14H,15-17H2,1-4H3. The number of hydrogen-bond donors (Lipinski definition) is 0. The van der Waals surface area contributed by atoms with Crippen molar-refractivity contribution in [2.75, 3.05) is 28.4 Å². The number of ether oxygens (including phenoxy) is 4. The molecule has 12 heteroatoms. The van der Waals surface area contributed by atoms with Gasteiger partial charge in [0.15, 0.2) is 5.82 Å². The predicted octanol–water partition coefficient (Wildman–Crippen LogP) is 4.96. The molecule has 0 saturated carbocycles. The van der Waals surface area contributed by atoms with Crippen LogP contribution in [0.3, 0.4) is 0 Å². The van der Waals surface area contributed by atoms with Crippen LogP contribution >= 0.6 is 11.6 Å².